The Morgan fingerprint density at radius 2 is 1.94 bits per heavy atom. The van der Waals surface area contributed by atoms with Gasteiger partial charge in [-0.3, -0.25) is 19.6 Å². The largest absolute Gasteiger partial charge is 0.487 e. The van der Waals surface area contributed by atoms with Crippen LogP contribution in [-0.2, 0) is 11.3 Å². The fraction of sp³-hybridized carbons (Fsp3) is 0.200. The summed E-state index contributed by atoms with van der Waals surface area (Å²) < 4.78 is 35.3. The minimum Gasteiger partial charge on any atom is -0.420 e. The number of hydrogen-bond donors (Lipinski definition) is 2. The highest BCUT2D eigenvalue weighted by atomic mass is 35.5. The normalized spacial score (nSPS) is 15.1. The van der Waals surface area contributed by atoms with Gasteiger partial charge in [0.05, 0.1) is 42.3 Å². The molecule has 0 fully saturated rings. The Balaban J connectivity index is 1.46. The number of carbonyl (C=O) groups is 2. The molecule has 2 amide bonds. The first kappa shape index (κ1) is 23.8. The molecule has 0 saturated heterocycles. The number of halogens is 3. The number of nitrogens with one attached hydrogen (secondary N) is 2. The Hall–Kier alpha value is -3.89. The van der Waals surface area contributed by atoms with Crippen molar-refractivity contribution in [3.8, 4) is 16.9 Å². The highest BCUT2D eigenvalue weighted by Gasteiger charge is 2.27. The van der Waals surface area contributed by atoms with Gasteiger partial charge in [-0.1, -0.05) is 6.08 Å². The smallest absolute Gasteiger partial charge is 0.420 e. The second-order valence-corrected chi connectivity index (χ2v) is 8.54. The number of ether oxygens (including phenoxy) is 2. The van der Waals surface area contributed by atoms with E-state index in [1.807, 2.05) is 6.08 Å². The summed E-state index contributed by atoms with van der Waals surface area (Å²) in [7, 11) is 0. The number of amides is 2. The van der Waals surface area contributed by atoms with Crippen molar-refractivity contribution >= 4 is 34.7 Å². The molecule has 11 heteroatoms. The van der Waals surface area contributed by atoms with E-state index < -0.39 is 11.5 Å². The van der Waals surface area contributed by atoms with Gasteiger partial charge in [0.2, 0.25) is 0 Å². The Morgan fingerprint density at radius 3 is 2.67 bits per heavy atom. The fourth-order valence-corrected chi connectivity index (χ4v) is 4.08. The second-order valence-electron chi connectivity index (χ2n) is 8.10. The minimum absolute atomic E-state index is 0.154. The SMILES string of the molecule is O=C(Nc1ccc(OC(F)(F)Cl)cc1)c1cnc(C2=CCOCC2)c(-c2cnc3c(c2)C(=O)NC3)c1. The third-order valence-electron chi connectivity index (χ3n) is 5.71. The Bertz CT molecular complexity index is 1370. The molecule has 2 aliphatic heterocycles. The molecule has 4 heterocycles. The Kier molecular flexibility index (Phi) is 6.38. The Labute approximate surface area is 209 Å². The van der Waals surface area contributed by atoms with Crippen LogP contribution in [0.3, 0.4) is 0 Å². The van der Waals surface area contributed by atoms with Gasteiger partial charge < -0.3 is 20.1 Å². The molecule has 2 aliphatic rings. The van der Waals surface area contributed by atoms with Crippen LogP contribution in [0.15, 0.2) is 54.9 Å². The fourth-order valence-electron chi connectivity index (χ4n) is 3.99. The van der Waals surface area contributed by atoms with Crippen molar-refractivity contribution in [2.45, 2.75) is 18.5 Å². The highest BCUT2D eigenvalue weighted by Crippen LogP contribution is 2.33. The first-order valence-electron chi connectivity index (χ1n) is 11.0. The van der Waals surface area contributed by atoms with Gasteiger partial charge in [0.1, 0.15) is 5.75 Å². The lowest BCUT2D eigenvalue weighted by Crippen LogP contribution is -2.16. The maximum Gasteiger partial charge on any atom is 0.487 e. The van der Waals surface area contributed by atoms with Crippen molar-refractivity contribution in [3.05, 3.63) is 77.4 Å². The van der Waals surface area contributed by atoms with E-state index in [0.29, 0.717) is 59.9 Å². The highest BCUT2D eigenvalue weighted by molar-refractivity contribution is 6.20. The lowest BCUT2D eigenvalue weighted by molar-refractivity contribution is -0.0964. The second kappa shape index (κ2) is 9.63. The lowest BCUT2D eigenvalue weighted by atomic mass is 9.95. The zero-order chi connectivity index (χ0) is 25.3. The molecule has 0 radical (unpaired) electrons. The van der Waals surface area contributed by atoms with Gasteiger partial charge in [0, 0.05) is 40.8 Å². The summed E-state index contributed by atoms with van der Waals surface area (Å²) in [4.78, 5) is 34.2. The third-order valence-corrected chi connectivity index (χ3v) is 5.78. The van der Waals surface area contributed by atoms with Crippen LogP contribution >= 0.6 is 11.6 Å². The van der Waals surface area contributed by atoms with Crippen LogP contribution in [0.25, 0.3) is 16.7 Å². The monoisotopic (exact) mass is 512 g/mol. The van der Waals surface area contributed by atoms with Gasteiger partial charge >= 0.3 is 5.57 Å². The van der Waals surface area contributed by atoms with Gasteiger partial charge in [-0.25, -0.2) is 0 Å². The van der Waals surface area contributed by atoms with Gasteiger partial charge in [0.15, 0.2) is 0 Å². The van der Waals surface area contributed by atoms with E-state index in [1.54, 1.807) is 18.3 Å². The molecule has 0 saturated carbocycles. The van der Waals surface area contributed by atoms with Crippen molar-refractivity contribution in [1.29, 1.82) is 0 Å². The van der Waals surface area contributed by atoms with Crippen LogP contribution < -0.4 is 15.4 Å². The van der Waals surface area contributed by atoms with Crippen LogP contribution in [-0.4, -0.2) is 40.6 Å². The molecule has 0 spiro atoms. The molecule has 0 atom stereocenters. The average molecular weight is 513 g/mol. The molecule has 184 valence electrons. The van der Waals surface area contributed by atoms with Crippen molar-refractivity contribution in [3.63, 3.8) is 0 Å². The number of benzene rings is 1. The van der Waals surface area contributed by atoms with E-state index in [-0.39, 0.29) is 17.2 Å². The van der Waals surface area contributed by atoms with E-state index in [4.69, 9.17) is 16.3 Å². The van der Waals surface area contributed by atoms with E-state index in [9.17, 15) is 18.4 Å². The summed E-state index contributed by atoms with van der Waals surface area (Å²) >= 11 is 4.78. The maximum absolute atomic E-state index is 13.0. The molecule has 2 N–H and O–H groups in total. The molecular weight excluding hydrogens is 494 g/mol. The molecule has 0 unspecified atom stereocenters. The molecular formula is C25H19ClF2N4O4. The number of fused-ring (bicyclic) bond motifs is 1. The standard InChI is InChI=1S/C25H19ClF2N4O4/c26-25(27,28)36-18-3-1-17(2-4-18)32-23(33)16-10-19(22(30-12-16)14-5-7-35-8-6-14)15-9-20-21(29-11-15)13-31-24(20)34/h1-5,9-12H,6-8,13H2,(H,31,34)(H,32,33). The first-order chi connectivity index (χ1) is 17.3. The zero-order valence-corrected chi connectivity index (χ0v) is 19.4. The molecule has 2 aromatic heterocycles. The van der Waals surface area contributed by atoms with E-state index >= 15 is 0 Å². The summed E-state index contributed by atoms with van der Waals surface area (Å²) in [6.45, 7) is 1.38. The predicted molar refractivity (Wildman–Crippen MR) is 128 cm³/mol. The lowest BCUT2D eigenvalue weighted by Gasteiger charge is -2.17. The van der Waals surface area contributed by atoms with Crippen LogP contribution in [0, 0.1) is 0 Å². The number of anilines is 1. The van der Waals surface area contributed by atoms with Gasteiger partial charge in [-0.15, -0.1) is 8.78 Å². The summed E-state index contributed by atoms with van der Waals surface area (Å²) in [6.07, 6.45) is 5.72. The molecule has 5 rings (SSSR count). The van der Waals surface area contributed by atoms with Crippen LogP contribution in [0.2, 0.25) is 0 Å². The number of hydrogen-bond acceptors (Lipinski definition) is 6. The zero-order valence-electron chi connectivity index (χ0n) is 18.7. The molecule has 1 aromatic carbocycles. The number of rotatable bonds is 6. The average Bonchev–Trinajstić information content (AvgIpc) is 3.24. The number of pyridine rings is 2. The van der Waals surface area contributed by atoms with E-state index in [0.717, 1.165) is 5.57 Å². The van der Waals surface area contributed by atoms with Crippen molar-refractivity contribution in [2.75, 3.05) is 18.5 Å². The van der Waals surface area contributed by atoms with Crippen LogP contribution in [0.1, 0.15) is 38.5 Å². The first-order valence-corrected chi connectivity index (χ1v) is 11.4. The van der Waals surface area contributed by atoms with Crippen molar-refractivity contribution in [2.24, 2.45) is 0 Å². The summed E-state index contributed by atoms with van der Waals surface area (Å²) in [5.74, 6) is -0.814. The molecule has 3 aromatic rings. The number of alkyl halides is 3. The van der Waals surface area contributed by atoms with Crippen LogP contribution in [0.5, 0.6) is 5.75 Å². The molecule has 0 bridgehead atoms. The minimum atomic E-state index is -3.83. The Morgan fingerprint density at radius 1 is 1.14 bits per heavy atom. The van der Waals surface area contributed by atoms with Gasteiger partial charge in [-0.05, 0) is 48.4 Å². The van der Waals surface area contributed by atoms with E-state index in [2.05, 4.69) is 25.3 Å². The summed E-state index contributed by atoms with van der Waals surface area (Å²) in [5, 5.41) is 5.45. The summed E-state index contributed by atoms with van der Waals surface area (Å²) in [6, 6.07) is 8.78. The predicted octanol–water partition coefficient (Wildman–Crippen LogP) is 4.61. The number of carbonyl (C=O) groups excluding carboxylic acids is 2. The van der Waals surface area contributed by atoms with Crippen molar-refractivity contribution < 1.29 is 27.8 Å². The topological polar surface area (TPSA) is 102 Å². The third kappa shape index (κ3) is 5.19. The molecule has 8 nitrogen and oxygen atoms in total. The number of nitrogens with zero attached hydrogens (tertiary/aromatic N) is 2. The van der Waals surface area contributed by atoms with Gasteiger partial charge in [0.25, 0.3) is 11.8 Å². The van der Waals surface area contributed by atoms with E-state index in [1.165, 1.54) is 30.5 Å². The molecule has 0 aliphatic carbocycles. The van der Waals surface area contributed by atoms with Crippen molar-refractivity contribution in [1.82, 2.24) is 15.3 Å². The molecule has 36 heavy (non-hydrogen) atoms. The van der Waals surface area contributed by atoms with Gasteiger partial charge in [-0.2, -0.15) is 0 Å². The quantitative estimate of drug-likeness (QED) is 0.468. The number of aromatic nitrogens is 2. The van der Waals surface area contributed by atoms with Crippen LogP contribution in [0.4, 0.5) is 14.5 Å². The summed E-state index contributed by atoms with van der Waals surface area (Å²) in [5.41, 5.74) is 0.895. The maximum atomic E-state index is 13.0.